The molecule has 9 heteroatoms. The predicted molar refractivity (Wildman–Crippen MR) is 109 cm³/mol. The van der Waals surface area contributed by atoms with Crippen LogP contribution in [0.4, 0.5) is 0 Å². The van der Waals surface area contributed by atoms with Crippen LogP contribution >= 0.6 is 0 Å². The molecule has 0 saturated carbocycles. The third-order valence-electron chi connectivity index (χ3n) is 4.88. The highest BCUT2D eigenvalue weighted by atomic mass is 16.5. The fourth-order valence-electron chi connectivity index (χ4n) is 3.34. The lowest BCUT2D eigenvalue weighted by atomic mass is 10.2. The van der Waals surface area contributed by atoms with Crippen LogP contribution in [-0.4, -0.2) is 43.4 Å². The van der Waals surface area contributed by atoms with Crippen LogP contribution in [0.2, 0.25) is 0 Å². The van der Waals surface area contributed by atoms with Gasteiger partial charge in [0.05, 0.1) is 13.2 Å². The third-order valence-corrected chi connectivity index (χ3v) is 4.88. The number of aromatic nitrogens is 5. The van der Waals surface area contributed by atoms with Crippen LogP contribution in [0.5, 0.6) is 5.88 Å². The van der Waals surface area contributed by atoms with Crippen molar-refractivity contribution in [1.29, 1.82) is 0 Å². The molecule has 0 amide bonds. The highest BCUT2D eigenvalue weighted by Crippen LogP contribution is 2.16. The van der Waals surface area contributed by atoms with E-state index in [0.717, 1.165) is 18.6 Å². The van der Waals surface area contributed by atoms with Gasteiger partial charge < -0.3 is 14.5 Å². The van der Waals surface area contributed by atoms with E-state index in [0.29, 0.717) is 42.6 Å². The minimum absolute atomic E-state index is 0.0581. The minimum atomic E-state index is -0.358. The minimum Gasteiger partial charge on any atom is -0.472 e. The van der Waals surface area contributed by atoms with E-state index in [1.165, 1.54) is 9.13 Å². The van der Waals surface area contributed by atoms with Gasteiger partial charge in [-0.05, 0) is 37.6 Å². The number of hydrogen-bond donors (Lipinski definition) is 1. The van der Waals surface area contributed by atoms with Crippen LogP contribution in [0.1, 0.15) is 31.7 Å². The van der Waals surface area contributed by atoms with Crippen LogP contribution in [0.25, 0.3) is 23.3 Å². The Hall–Kier alpha value is -3.20. The van der Waals surface area contributed by atoms with E-state index < -0.39 is 0 Å². The summed E-state index contributed by atoms with van der Waals surface area (Å²) in [6.45, 7) is 5.68. The fraction of sp³-hybridized carbons (Fsp3) is 0.400. The maximum atomic E-state index is 12.5. The Morgan fingerprint density at radius 2 is 2.07 bits per heavy atom. The Morgan fingerprint density at radius 1 is 1.24 bits per heavy atom. The molecule has 152 valence electrons. The zero-order valence-electron chi connectivity index (χ0n) is 16.4. The number of H-pyrrole nitrogens is 1. The summed E-state index contributed by atoms with van der Waals surface area (Å²) in [5.41, 5.74) is 0.853. The van der Waals surface area contributed by atoms with Crippen LogP contribution in [0.3, 0.4) is 0 Å². The number of nitrogens with zero attached hydrogens (tertiary/aromatic N) is 4. The molecule has 4 heterocycles. The lowest BCUT2D eigenvalue weighted by Gasteiger charge is -2.10. The van der Waals surface area contributed by atoms with Crippen molar-refractivity contribution in [3.63, 3.8) is 0 Å². The van der Waals surface area contributed by atoms with E-state index in [-0.39, 0.29) is 17.4 Å². The summed E-state index contributed by atoms with van der Waals surface area (Å²) in [6, 6.07) is 3.70. The second-order valence-electron chi connectivity index (χ2n) is 6.76. The average Bonchev–Trinajstić information content (AvgIpc) is 3.38. The monoisotopic (exact) mass is 397 g/mol. The molecule has 1 aliphatic rings. The summed E-state index contributed by atoms with van der Waals surface area (Å²) in [4.78, 5) is 36.7. The van der Waals surface area contributed by atoms with Gasteiger partial charge in [-0.1, -0.05) is 0 Å². The van der Waals surface area contributed by atoms with Crippen LogP contribution in [-0.2, 0) is 17.8 Å². The van der Waals surface area contributed by atoms with Gasteiger partial charge in [-0.3, -0.25) is 13.9 Å². The molecular weight excluding hydrogens is 374 g/mol. The number of ether oxygens (including phenoxy) is 2. The highest BCUT2D eigenvalue weighted by Gasteiger charge is 2.17. The molecule has 0 spiro atoms. The number of aromatic amines is 1. The van der Waals surface area contributed by atoms with Crippen LogP contribution in [0.15, 0.2) is 27.9 Å². The molecule has 0 aliphatic carbocycles. The smallest absolute Gasteiger partial charge is 0.332 e. The summed E-state index contributed by atoms with van der Waals surface area (Å²) in [5, 5.41) is 0. The van der Waals surface area contributed by atoms with Crippen molar-refractivity contribution in [2.75, 3.05) is 13.2 Å². The lowest BCUT2D eigenvalue weighted by molar-refractivity contribution is 0.138. The number of pyridine rings is 1. The first-order valence-corrected chi connectivity index (χ1v) is 9.72. The van der Waals surface area contributed by atoms with Crippen molar-refractivity contribution in [3.05, 3.63) is 50.6 Å². The topological polar surface area (TPSA) is 104 Å². The summed E-state index contributed by atoms with van der Waals surface area (Å²) >= 11 is 0. The molecule has 3 aromatic heterocycles. The van der Waals surface area contributed by atoms with Crippen molar-refractivity contribution in [2.24, 2.45) is 0 Å². The van der Waals surface area contributed by atoms with Crippen molar-refractivity contribution < 1.29 is 9.47 Å². The molecule has 1 N–H and O–H groups in total. The normalized spacial score (nSPS) is 16.8. The second kappa shape index (κ2) is 8.04. The first kappa shape index (κ1) is 19.1. The van der Waals surface area contributed by atoms with Crippen molar-refractivity contribution >= 4 is 23.3 Å². The van der Waals surface area contributed by atoms with E-state index in [2.05, 4.69) is 15.0 Å². The largest absolute Gasteiger partial charge is 0.472 e. The SMILES string of the molecule is CCn1c(=O)c2[nH]c(/C=C/c3ccc(O[C@H]4CCOC4)nc3)nc2n(CC)c1=O. The lowest BCUT2D eigenvalue weighted by Crippen LogP contribution is -2.39. The van der Waals surface area contributed by atoms with Gasteiger partial charge in [0.1, 0.15) is 17.4 Å². The van der Waals surface area contributed by atoms with Gasteiger partial charge in [-0.15, -0.1) is 0 Å². The number of fused-ring (bicyclic) bond motifs is 1. The Morgan fingerprint density at radius 3 is 2.72 bits per heavy atom. The third kappa shape index (κ3) is 3.73. The molecule has 29 heavy (non-hydrogen) atoms. The average molecular weight is 397 g/mol. The van der Waals surface area contributed by atoms with Gasteiger partial charge in [0.15, 0.2) is 5.65 Å². The molecule has 1 atom stereocenters. The molecule has 9 nitrogen and oxygen atoms in total. The van der Waals surface area contributed by atoms with Crippen molar-refractivity contribution in [2.45, 2.75) is 39.5 Å². The number of rotatable bonds is 6. The van der Waals surface area contributed by atoms with E-state index in [9.17, 15) is 9.59 Å². The Kier molecular flexibility index (Phi) is 5.30. The molecule has 0 unspecified atom stereocenters. The second-order valence-corrected chi connectivity index (χ2v) is 6.76. The Balaban J connectivity index is 1.59. The number of aryl methyl sites for hydroxylation is 1. The van der Waals surface area contributed by atoms with Crippen LogP contribution < -0.4 is 16.0 Å². The summed E-state index contributed by atoms with van der Waals surface area (Å²) in [5.74, 6) is 1.06. The Bertz CT molecular complexity index is 1150. The van der Waals surface area contributed by atoms with Gasteiger partial charge in [-0.25, -0.2) is 14.8 Å². The molecule has 1 aliphatic heterocycles. The highest BCUT2D eigenvalue weighted by molar-refractivity contribution is 5.75. The number of nitrogens with one attached hydrogen (secondary N) is 1. The molecule has 1 saturated heterocycles. The number of hydrogen-bond acceptors (Lipinski definition) is 6. The van der Waals surface area contributed by atoms with Crippen molar-refractivity contribution in [1.82, 2.24) is 24.1 Å². The first-order valence-electron chi connectivity index (χ1n) is 9.72. The van der Waals surface area contributed by atoms with Gasteiger partial charge in [0.2, 0.25) is 5.88 Å². The Labute approximate surface area is 166 Å². The van der Waals surface area contributed by atoms with Crippen molar-refractivity contribution in [3.8, 4) is 5.88 Å². The molecule has 0 bridgehead atoms. The van der Waals surface area contributed by atoms with Gasteiger partial charge in [0, 0.05) is 31.8 Å². The molecule has 0 radical (unpaired) electrons. The van der Waals surface area contributed by atoms with E-state index >= 15 is 0 Å². The summed E-state index contributed by atoms with van der Waals surface area (Å²) in [6.07, 6.45) is 6.22. The summed E-state index contributed by atoms with van der Waals surface area (Å²) in [7, 11) is 0. The zero-order valence-corrected chi connectivity index (χ0v) is 16.4. The molecule has 1 fully saturated rings. The maximum Gasteiger partial charge on any atom is 0.332 e. The standard InChI is InChI=1S/C20H23N5O4/c1-3-24-18-17(19(26)25(4-2)20(24)27)22-15(23-18)7-5-13-6-8-16(21-11-13)29-14-9-10-28-12-14/h5-8,11,14H,3-4,9-10,12H2,1-2H3,(H,22,23)/b7-5+/t14-/m0/s1. The van der Waals surface area contributed by atoms with Gasteiger partial charge >= 0.3 is 5.69 Å². The molecule has 4 rings (SSSR count). The molecule has 0 aromatic carbocycles. The van der Waals surface area contributed by atoms with E-state index in [4.69, 9.17) is 9.47 Å². The van der Waals surface area contributed by atoms with Crippen LogP contribution in [0, 0.1) is 0 Å². The first-order chi connectivity index (χ1) is 14.1. The van der Waals surface area contributed by atoms with E-state index in [1.54, 1.807) is 19.2 Å². The molecular formula is C20H23N5O4. The van der Waals surface area contributed by atoms with Gasteiger partial charge in [-0.2, -0.15) is 0 Å². The van der Waals surface area contributed by atoms with Gasteiger partial charge in [0.25, 0.3) is 5.56 Å². The fourth-order valence-corrected chi connectivity index (χ4v) is 3.34. The predicted octanol–water partition coefficient (Wildman–Crippen LogP) is 1.66. The summed E-state index contributed by atoms with van der Waals surface area (Å²) < 4.78 is 13.7. The zero-order chi connectivity index (χ0) is 20.4. The maximum absolute atomic E-state index is 12.5. The number of imidazole rings is 1. The molecule has 3 aromatic rings. The van der Waals surface area contributed by atoms with E-state index in [1.807, 2.05) is 25.1 Å². The quantitative estimate of drug-likeness (QED) is 0.678.